The second kappa shape index (κ2) is 6.89. The minimum Gasteiger partial charge on any atom is -0.427 e. The van der Waals surface area contributed by atoms with Gasteiger partial charge in [0.1, 0.15) is 5.75 Å². The zero-order chi connectivity index (χ0) is 14.3. The number of rotatable bonds is 2. The molecule has 0 aromatic heterocycles. The van der Waals surface area contributed by atoms with E-state index in [1.165, 1.54) is 6.92 Å². The van der Waals surface area contributed by atoms with Gasteiger partial charge in [-0.1, -0.05) is 36.9 Å². The van der Waals surface area contributed by atoms with Gasteiger partial charge in [-0.05, 0) is 17.7 Å². The first kappa shape index (κ1) is 15.2. The van der Waals surface area contributed by atoms with Gasteiger partial charge in [-0.25, -0.2) is 8.42 Å². The molecule has 0 fully saturated rings. The van der Waals surface area contributed by atoms with E-state index in [-0.39, 0.29) is 17.5 Å². The van der Waals surface area contributed by atoms with Crippen molar-refractivity contribution in [3.63, 3.8) is 0 Å². The molecule has 0 atom stereocenters. The third kappa shape index (κ3) is 6.01. The van der Waals surface area contributed by atoms with Gasteiger partial charge in [0.2, 0.25) is 0 Å². The van der Waals surface area contributed by atoms with E-state index >= 15 is 0 Å². The fourth-order valence-electron chi connectivity index (χ4n) is 1.34. The third-order valence-corrected chi connectivity index (χ3v) is 3.65. The Morgan fingerprint density at radius 3 is 2.05 bits per heavy atom. The van der Waals surface area contributed by atoms with Gasteiger partial charge in [0.15, 0.2) is 9.84 Å². The van der Waals surface area contributed by atoms with Crippen LogP contribution in [0.5, 0.6) is 5.75 Å². The highest BCUT2D eigenvalue weighted by atomic mass is 32.2. The van der Waals surface area contributed by atoms with Crippen molar-refractivity contribution in [3.8, 4) is 5.75 Å². The first-order valence-corrected chi connectivity index (χ1v) is 7.51. The quantitative estimate of drug-likeness (QED) is 0.473. The lowest BCUT2D eigenvalue weighted by Crippen LogP contribution is -2.00. The molecule has 1 aliphatic heterocycles. The standard InChI is InChI=1S/C10H10O2.C4H6O2S/c1-3-9-4-6-10(7-5-9)12-8(2)11;5-7(6)3-1-2-4-7/h3-7H,1H2,2H3;1-2H,3-4H2. The average molecular weight is 280 g/mol. The van der Waals surface area contributed by atoms with Crippen molar-refractivity contribution < 1.29 is 17.9 Å². The first-order valence-electron chi connectivity index (χ1n) is 5.69. The SMILES string of the molecule is C=Cc1ccc(OC(C)=O)cc1.O=S1(=O)CC=CC1. The van der Waals surface area contributed by atoms with Crippen molar-refractivity contribution in [2.75, 3.05) is 11.5 Å². The Morgan fingerprint density at radius 1 is 1.21 bits per heavy atom. The highest BCUT2D eigenvalue weighted by Crippen LogP contribution is 2.12. The summed E-state index contributed by atoms with van der Waals surface area (Å²) in [7, 11) is -2.66. The van der Waals surface area contributed by atoms with Crippen LogP contribution >= 0.6 is 0 Å². The lowest BCUT2D eigenvalue weighted by Gasteiger charge is -1.99. The van der Waals surface area contributed by atoms with E-state index in [1.807, 2.05) is 12.1 Å². The van der Waals surface area contributed by atoms with E-state index < -0.39 is 9.84 Å². The maximum atomic E-state index is 10.5. The summed E-state index contributed by atoms with van der Waals surface area (Å²) in [6, 6.07) is 7.15. The van der Waals surface area contributed by atoms with Crippen LogP contribution in [0.25, 0.3) is 6.08 Å². The Balaban J connectivity index is 0.000000218. The molecular formula is C14H16O4S. The maximum Gasteiger partial charge on any atom is 0.308 e. The summed E-state index contributed by atoms with van der Waals surface area (Å²) in [5, 5.41) is 0. The number of benzene rings is 1. The normalized spacial score (nSPS) is 15.2. The first-order chi connectivity index (χ1) is 8.93. The molecule has 0 radical (unpaired) electrons. The molecule has 1 aromatic rings. The van der Waals surface area contributed by atoms with Crippen LogP contribution < -0.4 is 4.74 Å². The van der Waals surface area contributed by atoms with Crippen molar-refractivity contribution in [3.05, 3.63) is 48.6 Å². The molecule has 0 bridgehead atoms. The van der Waals surface area contributed by atoms with E-state index in [1.54, 1.807) is 30.4 Å². The van der Waals surface area contributed by atoms with E-state index in [0.717, 1.165) is 5.56 Å². The molecule has 2 rings (SSSR count). The molecule has 4 nitrogen and oxygen atoms in total. The Morgan fingerprint density at radius 2 is 1.74 bits per heavy atom. The van der Waals surface area contributed by atoms with Gasteiger partial charge in [-0.15, -0.1) is 0 Å². The van der Waals surface area contributed by atoms with Crippen molar-refractivity contribution in [1.82, 2.24) is 0 Å². The Kier molecular flexibility index (Phi) is 5.51. The Hall–Kier alpha value is -1.88. The van der Waals surface area contributed by atoms with Crippen LogP contribution in [-0.4, -0.2) is 25.9 Å². The van der Waals surface area contributed by atoms with Crippen LogP contribution in [-0.2, 0) is 14.6 Å². The second-order valence-corrected chi connectivity index (χ2v) is 6.07. The molecule has 1 aromatic carbocycles. The summed E-state index contributed by atoms with van der Waals surface area (Å²) >= 11 is 0. The van der Waals surface area contributed by atoms with Crippen LogP contribution in [0.2, 0.25) is 0 Å². The van der Waals surface area contributed by atoms with Crippen LogP contribution in [0.3, 0.4) is 0 Å². The van der Waals surface area contributed by atoms with Gasteiger partial charge in [-0.3, -0.25) is 4.79 Å². The Labute approximate surface area is 113 Å². The number of ether oxygens (including phenoxy) is 1. The molecular weight excluding hydrogens is 264 g/mol. The van der Waals surface area contributed by atoms with Gasteiger partial charge in [0, 0.05) is 6.92 Å². The van der Waals surface area contributed by atoms with E-state index in [0.29, 0.717) is 5.75 Å². The highest BCUT2D eigenvalue weighted by molar-refractivity contribution is 7.91. The summed E-state index contributed by atoms with van der Waals surface area (Å²) in [6.07, 6.45) is 5.09. The van der Waals surface area contributed by atoms with Crippen LogP contribution in [0, 0.1) is 0 Å². The highest BCUT2D eigenvalue weighted by Gasteiger charge is 2.09. The Bertz CT molecular complexity index is 554. The molecule has 5 heteroatoms. The van der Waals surface area contributed by atoms with Crippen molar-refractivity contribution in [2.24, 2.45) is 0 Å². The molecule has 0 saturated heterocycles. The topological polar surface area (TPSA) is 60.4 Å². The van der Waals surface area contributed by atoms with E-state index in [4.69, 9.17) is 4.74 Å². The minimum absolute atomic E-state index is 0.243. The molecule has 0 aliphatic carbocycles. The zero-order valence-electron chi connectivity index (χ0n) is 10.7. The van der Waals surface area contributed by atoms with Gasteiger partial charge in [0.05, 0.1) is 11.5 Å². The van der Waals surface area contributed by atoms with Crippen molar-refractivity contribution >= 4 is 21.9 Å². The van der Waals surface area contributed by atoms with Gasteiger partial charge < -0.3 is 4.74 Å². The van der Waals surface area contributed by atoms with Crippen molar-refractivity contribution in [1.29, 1.82) is 0 Å². The largest absolute Gasteiger partial charge is 0.427 e. The third-order valence-electron chi connectivity index (χ3n) is 2.24. The molecule has 0 N–H and O–H groups in total. The summed E-state index contributed by atoms with van der Waals surface area (Å²) in [5.41, 5.74) is 1.01. The number of hydrogen-bond acceptors (Lipinski definition) is 4. The number of carbonyl (C=O) groups is 1. The fourth-order valence-corrected chi connectivity index (χ4v) is 2.33. The van der Waals surface area contributed by atoms with Crippen LogP contribution in [0.1, 0.15) is 12.5 Å². The number of sulfone groups is 1. The van der Waals surface area contributed by atoms with E-state index in [2.05, 4.69) is 6.58 Å². The maximum absolute atomic E-state index is 10.5. The second-order valence-electron chi connectivity index (χ2n) is 3.92. The van der Waals surface area contributed by atoms with Crippen molar-refractivity contribution in [2.45, 2.75) is 6.92 Å². The van der Waals surface area contributed by atoms with E-state index in [9.17, 15) is 13.2 Å². The number of hydrogen-bond donors (Lipinski definition) is 0. The summed E-state index contributed by atoms with van der Waals surface area (Å²) in [6.45, 7) is 4.99. The predicted octanol–water partition coefficient (Wildman–Crippen LogP) is 2.23. The predicted molar refractivity (Wildman–Crippen MR) is 75.6 cm³/mol. The molecule has 19 heavy (non-hydrogen) atoms. The number of carbonyl (C=O) groups excluding carboxylic acids is 1. The smallest absolute Gasteiger partial charge is 0.308 e. The minimum atomic E-state index is -2.66. The molecule has 0 spiro atoms. The fraction of sp³-hybridized carbons (Fsp3) is 0.214. The molecule has 0 amide bonds. The lowest BCUT2D eigenvalue weighted by molar-refractivity contribution is -0.131. The van der Waals surface area contributed by atoms with Gasteiger partial charge in [0.25, 0.3) is 0 Å². The number of esters is 1. The molecule has 102 valence electrons. The van der Waals surface area contributed by atoms with Crippen LogP contribution in [0.15, 0.2) is 43.0 Å². The summed E-state index contributed by atoms with van der Waals surface area (Å²) < 4.78 is 25.6. The monoisotopic (exact) mass is 280 g/mol. The van der Waals surface area contributed by atoms with Crippen LogP contribution in [0.4, 0.5) is 0 Å². The summed E-state index contributed by atoms with van der Waals surface area (Å²) in [4.78, 5) is 10.5. The zero-order valence-corrected chi connectivity index (χ0v) is 11.5. The molecule has 0 saturated carbocycles. The summed E-state index contributed by atoms with van der Waals surface area (Å²) in [5.74, 6) is 0.745. The van der Waals surface area contributed by atoms with Gasteiger partial charge >= 0.3 is 5.97 Å². The van der Waals surface area contributed by atoms with Gasteiger partial charge in [-0.2, -0.15) is 0 Å². The molecule has 0 unspecified atom stereocenters. The average Bonchev–Trinajstić information content (AvgIpc) is 2.75. The lowest BCUT2D eigenvalue weighted by atomic mass is 10.2. The molecule has 1 heterocycles. The molecule has 1 aliphatic rings.